The molecule has 13 heavy (non-hydrogen) atoms. The largest absolute Gasteiger partial charge is 0.394 e. The average Bonchev–Trinajstić information content (AvgIpc) is 2.15. The molecule has 5 nitrogen and oxygen atoms in total. The van der Waals surface area contributed by atoms with Crippen LogP contribution in [0.2, 0.25) is 0 Å². The maximum absolute atomic E-state index is 9.53. The SMILES string of the molecule is COC1OC(CO)C(O)C(O)C1C. The Morgan fingerprint density at radius 2 is 1.92 bits per heavy atom. The molecule has 0 saturated carbocycles. The van der Waals surface area contributed by atoms with E-state index in [1.165, 1.54) is 7.11 Å². The predicted molar refractivity (Wildman–Crippen MR) is 43.9 cm³/mol. The van der Waals surface area contributed by atoms with Crippen molar-refractivity contribution in [2.75, 3.05) is 13.7 Å². The van der Waals surface area contributed by atoms with E-state index in [1.807, 2.05) is 0 Å². The van der Waals surface area contributed by atoms with Crippen LogP contribution in [0.15, 0.2) is 0 Å². The summed E-state index contributed by atoms with van der Waals surface area (Å²) in [6, 6.07) is 0. The fourth-order valence-electron chi connectivity index (χ4n) is 1.49. The summed E-state index contributed by atoms with van der Waals surface area (Å²) in [4.78, 5) is 0. The van der Waals surface area contributed by atoms with E-state index < -0.39 is 24.6 Å². The topological polar surface area (TPSA) is 79.2 Å². The second kappa shape index (κ2) is 4.34. The van der Waals surface area contributed by atoms with Gasteiger partial charge in [0.15, 0.2) is 6.29 Å². The monoisotopic (exact) mass is 192 g/mol. The molecule has 0 aliphatic carbocycles. The number of methoxy groups -OCH3 is 1. The van der Waals surface area contributed by atoms with Crippen LogP contribution in [0.25, 0.3) is 0 Å². The van der Waals surface area contributed by atoms with E-state index in [0.29, 0.717) is 0 Å². The normalized spacial score (nSPS) is 46.4. The minimum absolute atomic E-state index is 0.303. The lowest BCUT2D eigenvalue weighted by molar-refractivity contribution is -0.274. The zero-order valence-corrected chi connectivity index (χ0v) is 7.75. The summed E-state index contributed by atoms with van der Waals surface area (Å²) in [7, 11) is 1.46. The Bertz CT molecular complexity index is 143. The first kappa shape index (κ1) is 10.9. The van der Waals surface area contributed by atoms with E-state index >= 15 is 0 Å². The van der Waals surface area contributed by atoms with Crippen LogP contribution in [0.3, 0.4) is 0 Å². The van der Waals surface area contributed by atoms with Crippen LogP contribution < -0.4 is 0 Å². The van der Waals surface area contributed by atoms with Crippen molar-refractivity contribution in [1.82, 2.24) is 0 Å². The lowest BCUT2D eigenvalue weighted by Crippen LogP contribution is -2.55. The van der Waals surface area contributed by atoms with Gasteiger partial charge in [-0.05, 0) is 0 Å². The van der Waals surface area contributed by atoms with Crippen molar-refractivity contribution in [2.24, 2.45) is 5.92 Å². The quantitative estimate of drug-likeness (QED) is 0.507. The van der Waals surface area contributed by atoms with Gasteiger partial charge in [-0.25, -0.2) is 0 Å². The standard InChI is InChI=1S/C8H16O5/c1-4-6(10)7(11)5(3-9)13-8(4)12-2/h4-11H,3H2,1-2H3. The Labute approximate surface area is 76.9 Å². The molecule has 1 fully saturated rings. The van der Waals surface area contributed by atoms with Crippen molar-refractivity contribution in [1.29, 1.82) is 0 Å². The fourth-order valence-corrected chi connectivity index (χ4v) is 1.49. The minimum atomic E-state index is -1.05. The highest BCUT2D eigenvalue weighted by Gasteiger charge is 2.41. The molecule has 0 bridgehead atoms. The Morgan fingerprint density at radius 3 is 2.38 bits per heavy atom. The Kier molecular flexibility index (Phi) is 3.63. The molecule has 0 radical (unpaired) electrons. The predicted octanol–water partition coefficient (Wildman–Crippen LogP) is -1.29. The van der Waals surface area contributed by atoms with E-state index in [1.54, 1.807) is 6.92 Å². The van der Waals surface area contributed by atoms with E-state index in [4.69, 9.17) is 14.6 Å². The Balaban J connectivity index is 2.66. The Morgan fingerprint density at radius 1 is 1.31 bits per heavy atom. The van der Waals surface area contributed by atoms with Gasteiger partial charge >= 0.3 is 0 Å². The van der Waals surface area contributed by atoms with Crippen molar-refractivity contribution in [3.8, 4) is 0 Å². The third-order valence-electron chi connectivity index (χ3n) is 2.42. The van der Waals surface area contributed by atoms with Crippen molar-refractivity contribution < 1.29 is 24.8 Å². The lowest BCUT2D eigenvalue weighted by Gasteiger charge is -2.40. The first-order valence-electron chi connectivity index (χ1n) is 4.27. The summed E-state index contributed by atoms with van der Waals surface area (Å²) in [5.41, 5.74) is 0. The van der Waals surface area contributed by atoms with Crippen LogP contribution in [-0.2, 0) is 9.47 Å². The molecule has 1 aliphatic heterocycles. The number of hydrogen-bond acceptors (Lipinski definition) is 5. The van der Waals surface area contributed by atoms with Crippen LogP contribution in [0.4, 0.5) is 0 Å². The van der Waals surface area contributed by atoms with Gasteiger partial charge in [0, 0.05) is 13.0 Å². The third-order valence-corrected chi connectivity index (χ3v) is 2.42. The van der Waals surface area contributed by atoms with Gasteiger partial charge in [0.25, 0.3) is 0 Å². The lowest BCUT2D eigenvalue weighted by atomic mass is 9.93. The van der Waals surface area contributed by atoms with Crippen LogP contribution in [0.5, 0.6) is 0 Å². The zero-order chi connectivity index (χ0) is 10.0. The molecule has 1 saturated heterocycles. The molecule has 0 spiro atoms. The molecule has 78 valence electrons. The van der Waals surface area contributed by atoms with Gasteiger partial charge in [-0.15, -0.1) is 0 Å². The van der Waals surface area contributed by atoms with Gasteiger partial charge in [-0.1, -0.05) is 6.92 Å². The maximum Gasteiger partial charge on any atom is 0.162 e. The summed E-state index contributed by atoms with van der Waals surface area (Å²) in [5.74, 6) is -0.303. The summed E-state index contributed by atoms with van der Waals surface area (Å²) >= 11 is 0. The average molecular weight is 192 g/mol. The first-order chi connectivity index (χ1) is 6.11. The highest BCUT2D eigenvalue weighted by molar-refractivity contribution is 4.86. The number of ether oxygens (including phenoxy) is 2. The van der Waals surface area contributed by atoms with E-state index in [2.05, 4.69) is 0 Å². The van der Waals surface area contributed by atoms with Gasteiger partial charge in [0.1, 0.15) is 12.2 Å². The van der Waals surface area contributed by atoms with E-state index in [0.717, 1.165) is 0 Å². The second-order valence-corrected chi connectivity index (χ2v) is 3.30. The molecule has 0 amide bonds. The molecule has 5 heteroatoms. The molecule has 1 heterocycles. The number of aliphatic hydroxyl groups is 3. The summed E-state index contributed by atoms with van der Waals surface area (Å²) in [6.45, 7) is 1.39. The molecule has 1 aliphatic rings. The second-order valence-electron chi connectivity index (χ2n) is 3.30. The zero-order valence-electron chi connectivity index (χ0n) is 7.75. The summed E-state index contributed by atoms with van der Waals surface area (Å²) < 4.78 is 10.1. The highest BCUT2D eigenvalue weighted by Crippen LogP contribution is 2.25. The molecule has 5 unspecified atom stereocenters. The molecule has 5 atom stereocenters. The highest BCUT2D eigenvalue weighted by atomic mass is 16.7. The summed E-state index contributed by atoms with van der Waals surface area (Å²) in [5, 5.41) is 27.8. The van der Waals surface area contributed by atoms with Crippen LogP contribution in [0, 0.1) is 5.92 Å². The van der Waals surface area contributed by atoms with Crippen LogP contribution >= 0.6 is 0 Å². The number of rotatable bonds is 2. The van der Waals surface area contributed by atoms with Crippen LogP contribution in [0.1, 0.15) is 6.92 Å². The smallest absolute Gasteiger partial charge is 0.162 e. The van der Waals surface area contributed by atoms with Gasteiger partial charge in [-0.3, -0.25) is 0 Å². The molecule has 0 aromatic rings. The Hall–Kier alpha value is -0.200. The van der Waals surface area contributed by atoms with Crippen molar-refractivity contribution in [3.63, 3.8) is 0 Å². The molecular weight excluding hydrogens is 176 g/mol. The first-order valence-corrected chi connectivity index (χ1v) is 4.27. The number of hydrogen-bond donors (Lipinski definition) is 3. The minimum Gasteiger partial charge on any atom is -0.394 e. The van der Waals surface area contributed by atoms with E-state index in [-0.39, 0.29) is 12.5 Å². The van der Waals surface area contributed by atoms with Crippen molar-refractivity contribution in [3.05, 3.63) is 0 Å². The van der Waals surface area contributed by atoms with Gasteiger partial charge in [-0.2, -0.15) is 0 Å². The molecule has 0 aromatic carbocycles. The molecule has 1 rings (SSSR count). The van der Waals surface area contributed by atoms with E-state index in [9.17, 15) is 10.2 Å². The fraction of sp³-hybridized carbons (Fsp3) is 1.00. The number of aliphatic hydroxyl groups excluding tert-OH is 3. The maximum atomic E-state index is 9.53. The summed E-state index contributed by atoms with van der Waals surface area (Å²) in [6.07, 6.45) is -3.31. The van der Waals surface area contributed by atoms with Gasteiger partial charge < -0.3 is 24.8 Å². The molecule has 0 aromatic heterocycles. The third kappa shape index (κ3) is 2.00. The molecule has 3 N–H and O–H groups in total. The molecular formula is C8H16O5. The van der Waals surface area contributed by atoms with Crippen molar-refractivity contribution in [2.45, 2.75) is 31.5 Å². The van der Waals surface area contributed by atoms with Crippen molar-refractivity contribution >= 4 is 0 Å². The van der Waals surface area contributed by atoms with Gasteiger partial charge in [0.05, 0.1) is 12.7 Å². The van der Waals surface area contributed by atoms with Crippen LogP contribution in [-0.4, -0.2) is 53.6 Å². The van der Waals surface area contributed by atoms with Gasteiger partial charge in [0.2, 0.25) is 0 Å².